The standard InChI is InChI=1S/C17H14N6O2S/c1-10(15-18-14-5-3-2-4-13(14)16(25)19-15)26-17-20-21-22-23(17)11-6-8-12(24)9-7-11/h2-10,24H,1H3,(H,18,19,25)/t10-/m1/s1. The molecule has 4 aromatic rings. The predicted octanol–water partition coefficient (Wildman–Crippen LogP) is 2.46. The van der Waals surface area contributed by atoms with E-state index in [1.54, 1.807) is 35.0 Å². The summed E-state index contributed by atoms with van der Waals surface area (Å²) in [6.45, 7) is 1.92. The lowest BCUT2D eigenvalue weighted by atomic mass is 10.2. The number of aromatic hydroxyl groups is 1. The second-order valence-corrected chi connectivity index (χ2v) is 6.93. The highest BCUT2D eigenvalue weighted by molar-refractivity contribution is 7.99. The summed E-state index contributed by atoms with van der Waals surface area (Å²) < 4.78 is 1.57. The monoisotopic (exact) mass is 366 g/mol. The van der Waals surface area contributed by atoms with E-state index in [4.69, 9.17) is 0 Å². The molecule has 0 saturated carbocycles. The largest absolute Gasteiger partial charge is 0.508 e. The number of benzene rings is 2. The van der Waals surface area contributed by atoms with Crippen molar-refractivity contribution in [2.45, 2.75) is 17.3 Å². The van der Waals surface area contributed by atoms with Crippen LogP contribution >= 0.6 is 11.8 Å². The lowest BCUT2D eigenvalue weighted by Crippen LogP contribution is -2.13. The fourth-order valence-corrected chi connectivity index (χ4v) is 3.38. The van der Waals surface area contributed by atoms with Crippen LogP contribution in [0.5, 0.6) is 5.75 Å². The van der Waals surface area contributed by atoms with Crippen LogP contribution in [-0.2, 0) is 0 Å². The molecule has 4 rings (SSSR count). The van der Waals surface area contributed by atoms with Crippen LogP contribution in [0, 0.1) is 0 Å². The van der Waals surface area contributed by atoms with Crippen LogP contribution in [0.2, 0.25) is 0 Å². The van der Waals surface area contributed by atoms with Crippen molar-refractivity contribution in [1.82, 2.24) is 30.2 Å². The summed E-state index contributed by atoms with van der Waals surface area (Å²) in [5.41, 5.74) is 1.20. The Labute approximate surface area is 151 Å². The van der Waals surface area contributed by atoms with E-state index in [1.807, 2.05) is 25.1 Å². The Morgan fingerprint density at radius 3 is 2.73 bits per heavy atom. The Morgan fingerprint density at radius 1 is 1.15 bits per heavy atom. The van der Waals surface area contributed by atoms with Gasteiger partial charge in [-0.1, -0.05) is 23.9 Å². The van der Waals surface area contributed by atoms with Gasteiger partial charge in [0, 0.05) is 0 Å². The third-order valence-corrected chi connectivity index (χ3v) is 4.88. The second kappa shape index (κ2) is 6.60. The van der Waals surface area contributed by atoms with Gasteiger partial charge >= 0.3 is 0 Å². The summed E-state index contributed by atoms with van der Waals surface area (Å²) in [5, 5.41) is 22.1. The molecule has 2 heterocycles. The van der Waals surface area contributed by atoms with Crippen LogP contribution in [0.3, 0.4) is 0 Å². The number of nitrogens with zero attached hydrogens (tertiary/aromatic N) is 5. The number of hydrogen-bond donors (Lipinski definition) is 2. The molecule has 1 atom stereocenters. The van der Waals surface area contributed by atoms with Crippen molar-refractivity contribution in [3.05, 3.63) is 64.7 Å². The van der Waals surface area contributed by atoms with Crippen molar-refractivity contribution < 1.29 is 5.11 Å². The zero-order valence-corrected chi connectivity index (χ0v) is 14.5. The average Bonchev–Trinajstić information content (AvgIpc) is 3.10. The molecule has 0 radical (unpaired) electrons. The molecule has 0 spiro atoms. The molecule has 0 bridgehead atoms. The van der Waals surface area contributed by atoms with Crippen molar-refractivity contribution in [2.75, 3.05) is 0 Å². The van der Waals surface area contributed by atoms with Crippen molar-refractivity contribution >= 4 is 22.7 Å². The van der Waals surface area contributed by atoms with E-state index in [9.17, 15) is 9.90 Å². The summed E-state index contributed by atoms with van der Waals surface area (Å²) in [4.78, 5) is 19.6. The smallest absolute Gasteiger partial charge is 0.258 e. The molecule has 8 nitrogen and oxygen atoms in total. The fourth-order valence-electron chi connectivity index (χ4n) is 2.52. The molecule has 0 amide bonds. The van der Waals surface area contributed by atoms with Gasteiger partial charge in [0.15, 0.2) is 0 Å². The van der Waals surface area contributed by atoms with E-state index < -0.39 is 0 Å². The van der Waals surface area contributed by atoms with Crippen molar-refractivity contribution in [2.24, 2.45) is 0 Å². The first-order chi connectivity index (χ1) is 12.6. The van der Waals surface area contributed by atoms with Gasteiger partial charge in [-0.3, -0.25) is 4.79 Å². The summed E-state index contributed by atoms with van der Waals surface area (Å²) in [7, 11) is 0. The first-order valence-electron chi connectivity index (χ1n) is 7.85. The second-order valence-electron chi connectivity index (χ2n) is 5.62. The number of para-hydroxylation sites is 1. The van der Waals surface area contributed by atoms with Gasteiger partial charge in [0.1, 0.15) is 11.6 Å². The topological polar surface area (TPSA) is 110 Å². The van der Waals surface area contributed by atoms with Gasteiger partial charge in [-0.2, -0.15) is 4.68 Å². The number of H-pyrrole nitrogens is 1. The van der Waals surface area contributed by atoms with E-state index in [0.717, 1.165) is 5.69 Å². The zero-order valence-electron chi connectivity index (χ0n) is 13.7. The molecule has 130 valence electrons. The first kappa shape index (κ1) is 16.3. The Kier molecular flexibility index (Phi) is 4.13. The molecule has 0 aliphatic rings. The number of hydrogen-bond acceptors (Lipinski definition) is 7. The molecular weight excluding hydrogens is 352 g/mol. The molecule has 26 heavy (non-hydrogen) atoms. The summed E-state index contributed by atoms with van der Waals surface area (Å²) >= 11 is 1.38. The molecule has 2 N–H and O–H groups in total. The minimum atomic E-state index is -0.172. The van der Waals surface area contributed by atoms with Gasteiger partial charge in [0.05, 0.1) is 21.8 Å². The SMILES string of the molecule is C[C@@H](Sc1nnnn1-c1ccc(O)cc1)c1nc2ccccc2c(=O)[nH]1. The van der Waals surface area contributed by atoms with E-state index in [2.05, 4.69) is 25.5 Å². The van der Waals surface area contributed by atoms with Gasteiger partial charge < -0.3 is 10.1 Å². The van der Waals surface area contributed by atoms with Gasteiger partial charge in [0.2, 0.25) is 5.16 Å². The van der Waals surface area contributed by atoms with Crippen LogP contribution in [0.25, 0.3) is 16.6 Å². The number of rotatable bonds is 4. The third-order valence-electron chi connectivity index (χ3n) is 3.83. The number of thioether (sulfide) groups is 1. The molecule has 0 aliphatic heterocycles. The number of tetrazole rings is 1. The number of aromatic nitrogens is 6. The molecule has 9 heteroatoms. The van der Waals surface area contributed by atoms with Crippen molar-refractivity contribution in [1.29, 1.82) is 0 Å². The van der Waals surface area contributed by atoms with Gasteiger partial charge in [0.25, 0.3) is 5.56 Å². The summed E-state index contributed by atoms with van der Waals surface area (Å²) in [6, 6.07) is 13.8. The maximum Gasteiger partial charge on any atom is 0.258 e. The fraction of sp³-hybridized carbons (Fsp3) is 0.118. The number of phenols is 1. The molecule has 0 aliphatic carbocycles. The van der Waals surface area contributed by atoms with Crippen molar-refractivity contribution in [3.63, 3.8) is 0 Å². The molecular formula is C17H14N6O2S. The van der Waals surface area contributed by atoms with E-state index in [-0.39, 0.29) is 16.6 Å². The van der Waals surface area contributed by atoms with Crippen LogP contribution in [0.1, 0.15) is 18.0 Å². The lowest BCUT2D eigenvalue weighted by Gasteiger charge is -2.11. The molecule has 2 aromatic heterocycles. The maximum atomic E-state index is 12.3. The van der Waals surface area contributed by atoms with Gasteiger partial charge in [-0.05, 0) is 53.7 Å². The van der Waals surface area contributed by atoms with Gasteiger partial charge in [-0.15, -0.1) is 5.10 Å². The maximum absolute atomic E-state index is 12.3. The Hall–Kier alpha value is -3.20. The molecule has 0 fully saturated rings. The van der Waals surface area contributed by atoms with E-state index >= 15 is 0 Å². The van der Waals surface area contributed by atoms with Crippen LogP contribution < -0.4 is 5.56 Å². The number of nitrogens with one attached hydrogen (secondary N) is 1. The number of aromatic amines is 1. The highest BCUT2D eigenvalue weighted by Gasteiger charge is 2.17. The molecule has 0 unspecified atom stereocenters. The number of phenolic OH excluding ortho intramolecular Hbond substituents is 1. The Bertz CT molecular complexity index is 1120. The van der Waals surface area contributed by atoms with Crippen molar-refractivity contribution in [3.8, 4) is 11.4 Å². The Morgan fingerprint density at radius 2 is 1.92 bits per heavy atom. The minimum Gasteiger partial charge on any atom is -0.508 e. The zero-order chi connectivity index (χ0) is 18.1. The number of fused-ring (bicyclic) bond motifs is 1. The normalized spacial score (nSPS) is 12.3. The first-order valence-corrected chi connectivity index (χ1v) is 8.73. The van der Waals surface area contributed by atoms with Crippen LogP contribution in [-0.4, -0.2) is 35.3 Å². The highest BCUT2D eigenvalue weighted by atomic mass is 32.2. The molecule has 0 saturated heterocycles. The van der Waals surface area contributed by atoms with E-state index in [0.29, 0.717) is 21.9 Å². The quantitative estimate of drug-likeness (QED) is 0.534. The predicted molar refractivity (Wildman–Crippen MR) is 97.5 cm³/mol. The average molecular weight is 366 g/mol. The van der Waals surface area contributed by atoms with Gasteiger partial charge in [-0.25, -0.2) is 4.98 Å². The highest BCUT2D eigenvalue weighted by Crippen LogP contribution is 2.32. The lowest BCUT2D eigenvalue weighted by molar-refractivity contribution is 0.475. The third kappa shape index (κ3) is 3.04. The summed E-state index contributed by atoms with van der Waals surface area (Å²) in [6.07, 6.45) is 0. The van der Waals surface area contributed by atoms with Crippen LogP contribution in [0.4, 0.5) is 0 Å². The molecule has 2 aromatic carbocycles. The minimum absolute atomic E-state index is 0.169. The summed E-state index contributed by atoms with van der Waals surface area (Å²) in [5.74, 6) is 0.723. The van der Waals surface area contributed by atoms with E-state index in [1.165, 1.54) is 11.8 Å². The van der Waals surface area contributed by atoms with Crippen LogP contribution in [0.15, 0.2) is 58.5 Å². The Balaban J connectivity index is 1.65.